The highest BCUT2D eigenvalue weighted by Crippen LogP contribution is 2.36. The van der Waals surface area contributed by atoms with E-state index in [1.165, 1.54) is 11.0 Å². The summed E-state index contributed by atoms with van der Waals surface area (Å²) in [7, 11) is 0. The monoisotopic (exact) mass is 347 g/mol. The summed E-state index contributed by atoms with van der Waals surface area (Å²) in [4.78, 5) is 14.3. The number of hydrogen-bond donors (Lipinski definition) is 1. The Morgan fingerprint density at radius 2 is 1.88 bits per heavy atom. The Hall–Kier alpha value is -2.67. The normalized spacial score (nSPS) is 21.6. The van der Waals surface area contributed by atoms with Crippen molar-refractivity contribution in [2.75, 3.05) is 13.3 Å². The van der Waals surface area contributed by atoms with Gasteiger partial charge >= 0.3 is 0 Å². The summed E-state index contributed by atoms with van der Waals surface area (Å²) in [6, 6.07) is 7.84. The van der Waals surface area contributed by atoms with Gasteiger partial charge in [-0.15, -0.1) is 0 Å². The van der Waals surface area contributed by atoms with Gasteiger partial charge in [-0.05, 0) is 42.3 Å². The van der Waals surface area contributed by atoms with Crippen molar-refractivity contribution in [2.24, 2.45) is 0 Å². The minimum Gasteiger partial charge on any atom is -0.454 e. The molecule has 0 radical (unpaired) electrons. The van der Waals surface area contributed by atoms with Crippen LogP contribution < -0.4 is 9.47 Å². The van der Waals surface area contributed by atoms with Crippen LogP contribution in [0.1, 0.15) is 28.4 Å². The zero-order valence-electron chi connectivity index (χ0n) is 13.1. The predicted molar refractivity (Wildman–Crippen MR) is 83.3 cm³/mol. The molecular weight excluding hydrogens is 332 g/mol. The van der Waals surface area contributed by atoms with Gasteiger partial charge in [0.25, 0.3) is 5.91 Å². The van der Waals surface area contributed by atoms with E-state index in [4.69, 9.17) is 9.47 Å². The van der Waals surface area contributed by atoms with Crippen molar-refractivity contribution in [1.82, 2.24) is 4.90 Å². The SMILES string of the molecule is O=C(c1ccc2c(c1)OCO2)N1C[C@H](O)C[C@@H]1c1ccc(F)c(F)c1. The number of rotatable bonds is 2. The van der Waals surface area contributed by atoms with Crippen molar-refractivity contribution in [2.45, 2.75) is 18.6 Å². The van der Waals surface area contributed by atoms with Crippen LogP contribution in [0.4, 0.5) is 8.78 Å². The maximum Gasteiger partial charge on any atom is 0.254 e. The topological polar surface area (TPSA) is 59.0 Å². The molecule has 130 valence electrons. The number of fused-ring (bicyclic) bond motifs is 1. The first-order valence-corrected chi connectivity index (χ1v) is 7.86. The Bertz CT molecular complexity index is 842. The number of carbonyl (C=O) groups excluding carboxylic acids is 1. The second-order valence-corrected chi connectivity index (χ2v) is 6.10. The fourth-order valence-corrected chi connectivity index (χ4v) is 3.27. The van der Waals surface area contributed by atoms with Gasteiger partial charge in [-0.1, -0.05) is 6.07 Å². The van der Waals surface area contributed by atoms with Crippen LogP contribution in [0.3, 0.4) is 0 Å². The molecule has 1 saturated heterocycles. The molecule has 0 bridgehead atoms. The molecule has 0 aromatic heterocycles. The summed E-state index contributed by atoms with van der Waals surface area (Å²) in [6.45, 7) is 0.226. The van der Waals surface area contributed by atoms with E-state index in [1.54, 1.807) is 18.2 Å². The van der Waals surface area contributed by atoms with Crippen LogP contribution in [0.5, 0.6) is 11.5 Å². The van der Waals surface area contributed by atoms with Gasteiger partial charge in [0.2, 0.25) is 6.79 Å². The van der Waals surface area contributed by atoms with E-state index >= 15 is 0 Å². The van der Waals surface area contributed by atoms with E-state index in [2.05, 4.69) is 0 Å². The molecule has 1 N–H and O–H groups in total. The van der Waals surface area contributed by atoms with Crippen LogP contribution in [0.25, 0.3) is 0 Å². The van der Waals surface area contributed by atoms with Crippen LogP contribution in [-0.4, -0.2) is 35.4 Å². The molecule has 0 aliphatic carbocycles. The molecule has 1 amide bonds. The molecule has 0 saturated carbocycles. The quantitative estimate of drug-likeness (QED) is 0.907. The number of amides is 1. The minimum atomic E-state index is -0.977. The van der Waals surface area contributed by atoms with Crippen molar-refractivity contribution in [3.05, 3.63) is 59.2 Å². The van der Waals surface area contributed by atoms with E-state index in [9.17, 15) is 18.7 Å². The summed E-state index contributed by atoms with van der Waals surface area (Å²) < 4.78 is 37.2. The summed E-state index contributed by atoms with van der Waals surface area (Å²) in [5.74, 6) is -1.19. The van der Waals surface area contributed by atoms with Crippen LogP contribution in [0.2, 0.25) is 0 Å². The van der Waals surface area contributed by atoms with Crippen LogP contribution in [0, 0.1) is 11.6 Å². The molecule has 5 nitrogen and oxygen atoms in total. The van der Waals surface area contributed by atoms with Gasteiger partial charge in [0, 0.05) is 12.1 Å². The summed E-state index contributed by atoms with van der Waals surface area (Å²) in [5.41, 5.74) is 0.829. The molecule has 2 aliphatic heterocycles. The highest BCUT2D eigenvalue weighted by molar-refractivity contribution is 5.95. The van der Waals surface area contributed by atoms with Crippen LogP contribution in [-0.2, 0) is 0 Å². The Labute approximate surface area is 142 Å². The fourth-order valence-electron chi connectivity index (χ4n) is 3.27. The van der Waals surface area contributed by atoms with Crippen LogP contribution in [0.15, 0.2) is 36.4 Å². The molecule has 2 aromatic carbocycles. The first-order chi connectivity index (χ1) is 12.0. The molecule has 1 fully saturated rings. The molecule has 4 rings (SSSR count). The average molecular weight is 347 g/mol. The second kappa shape index (κ2) is 6.00. The molecule has 25 heavy (non-hydrogen) atoms. The number of halogens is 2. The van der Waals surface area contributed by atoms with E-state index < -0.39 is 23.8 Å². The standard InChI is InChI=1S/C18H15F2NO4/c19-13-3-1-10(5-14(13)20)15-7-12(22)8-21(15)18(23)11-2-4-16-17(6-11)25-9-24-16/h1-6,12,15,22H,7-9H2/t12-,15-/m1/s1. The first kappa shape index (κ1) is 15.8. The molecular formula is C18H15F2NO4. The zero-order chi connectivity index (χ0) is 17.6. The lowest BCUT2D eigenvalue weighted by atomic mass is 10.0. The smallest absolute Gasteiger partial charge is 0.254 e. The summed E-state index contributed by atoms with van der Waals surface area (Å²) >= 11 is 0. The third-order valence-corrected chi connectivity index (χ3v) is 4.49. The van der Waals surface area contributed by atoms with Crippen molar-refractivity contribution in [3.63, 3.8) is 0 Å². The predicted octanol–water partition coefficient (Wildman–Crippen LogP) is 2.64. The van der Waals surface area contributed by atoms with Crippen molar-refractivity contribution in [1.29, 1.82) is 0 Å². The molecule has 2 atom stereocenters. The Balaban J connectivity index is 1.65. The largest absolute Gasteiger partial charge is 0.454 e. The number of hydrogen-bond acceptors (Lipinski definition) is 4. The molecule has 2 aliphatic rings. The lowest BCUT2D eigenvalue weighted by Gasteiger charge is -2.25. The van der Waals surface area contributed by atoms with Gasteiger partial charge < -0.3 is 19.5 Å². The van der Waals surface area contributed by atoms with Gasteiger partial charge in [0.15, 0.2) is 23.1 Å². The number of nitrogens with zero attached hydrogens (tertiary/aromatic N) is 1. The number of aliphatic hydroxyl groups is 1. The van der Waals surface area contributed by atoms with E-state index in [0.29, 0.717) is 22.6 Å². The Morgan fingerprint density at radius 1 is 1.08 bits per heavy atom. The van der Waals surface area contributed by atoms with Gasteiger partial charge in [0.1, 0.15) is 0 Å². The van der Waals surface area contributed by atoms with E-state index in [1.807, 2.05) is 0 Å². The fraction of sp³-hybridized carbons (Fsp3) is 0.278. The number of ether oxygens (including phenoxy) is 2. The highest BCUT2D eigenvalue weighted by atomic mass is 19.2. The third-order valence-electron chi connectivity index (χ3n) is 4.49. The van der Waals surface area contributed by atoms with Gasteiger partial charge in [-0.2, -0.15) is 0 Å². The number of benzene rings is 2. The molecule has 0 spiro atoms. The van der Waals surface area contributed by atoms with Gasteiger partial charge in [-0.3, -0.25) is 4.79 Å². The number of β-amino-alcohol motifs (C(OH)–C–C–N with tert-alkyl or cyclic N) is 1. The average Bonchev–Trinajstić information content (AvgIpc) is 3.22. The number of carbonyl (C=O) groups is 1. The number of likely N-dealkylation sites (tertiary alicyclic amines) is 1. The first-order valence-electron chi connectivity index (χ1n) is 7.86. The summed E-state index contributed by atoms with van der Waals surface area (Å²) in [5, 5.41) is 10.00. The minimum absolute atomic E-state index is 0.104. The molecule has 7 heteroatoms. The Morgan fingerprint density at radius 3 is 2.68 bits per heavy atom. The van der Waals surface area contributed by atoms with Crippen molar-refractivity contribution >= 4 is 5.91 Å². The van der Waals surface area contributed by atoms with E-state index in [-0.39, 0.29) is 25.7 Å². The van der Waals surface area contributed by atoms with Crippen molar-refractivity contribution < 1.29 is 28.2 Å². The lowest BCUT2D eigenvalue weighted by molar-refractivity contribution is 0.0715. The second-order valence-electron chi connectivity index (χ2n) is 6.10. The Kier molecular flexibility index (Phi) is 3.80. The van der Waals surface area contributed by atoms with Crippen molar-refractivity contribution in [3.8, 4) is 11.5 Å². The summed E-state index contributed by atoms with van der Waals surface area (Å²) in [6.07, 6.45) is -0.461. The molecule has 2 aromatic rings. The zero-order valence-corrected chi connectivity index (χ0v) is 13.1. The lowest BCUT2D eigenvalue weighted by Crippen LogP contribution is -2.31. The number of aliphatic hydroxyl groups excluding tert-OH is 1. The molecule has 0 unspecified atom stereocenters. The van der Waals surface area contributed by atoms with Crippen LogP contribution >= 0.6 is 0 Å². The van der Waals surface area contributed by atoms with E-state index in [0.717, 1.165) is 12.1 Å². The maximum atomic E-state index is 13.6. The van der Waals surface area contributed by atoms with Gasteiger partial charge in [-0.25, -0.2) is 8.78 Å². The van der Waals surface area contributed by atoms with Gasteiger partial charge in [0.05, 0.1) is 12.1 Å². The highest BCUT2D eigenvalue weighted by Gasteiger charge is 2.36. The third kappa shape index (κ3) is 2.80. The molecule has 2 heterocycles. The maximum absolute atomic E-state index is 13.6.